The van der Waals surface area contributed by atoms with Gasteiger partial charge < -0.3 is 18.4 Å². The normalized spacial score (nSPS) is 13.4. The number of hydrogen-bond donors (Lipinski definition) is 0. The van der Waals surface area contributed by atoms with Gasteiger partial charge in [-0.05, 0) is 39.1 Å². The quantitative estimate of drug-likeness (QED) is 0.319. The zero-order chi connectivity index (χ0) is 19.1. The van der Waals surface area contributed by atoms with Crippen LogP contribution in [0.15, 0.2) is 41.5 Å². The molecule has 0 aromatic heterocycles. The Morgan fingerprint density at radius 2 is 1.56 bits per heavy atom. The average molecular weight is 386 g/mol. The minimum Gasteiger partial charge on any atom is -0.538 e. The first-order valence-electron chi connectivity index (χ1n) is 8.63. The third-order valence-corrected chi connectivity index (χ3v) is 6.54. The van der Waals surface area contributed by atoms with E-state index in [0.717, 1.165) is 24.4 Å². The Bertz CT molecular complexity index is 601. The lowest BCUT2D eigenvalue weighted by Crippen LogP contribution is -2.31. The smallest absolute Gasteiger partial charge is 0.395 e. The van der Waals surface area contributed by atoms with Crippen LogP contribution >= 0.6 is 7.60 Å². The van der Waals surface area contributed by atoms with Crippen molar-refractivity contribution in [3.8, 4) is 0 Å². The van der Waals surface area contributed by atoms with Crippen molar-refractivity contribution < 1.29 is 18.0 Å². The molecule has 142 valence electrons. The molecule has 25 heavy (non-hydrogen) atoms. The Morgan fingerprint density at radius 3 is 1.96 bits per heavy atom. The van der Waals surface area contributed by atoms with Crippen molar-refractivity contribution in [3.63, 3.8) is 0 Å². The third-order valence-electron chi connectivity index (χ3n) is 3.74. The molecule has 0 unspecified atom stereocenters. The number of nitrogens with zero attached hydrogens (tertiary/aromatic N) is 1. The van der Waals surface area contributed by atoms with Crippen LogP contribution in [0.3, 0.4) is 0 Å². The highest BCUT2D eigenvalue weighted by Crippen LogP contribution is 2.57. The molecular weight excluding hydrogens is 353 g/mol. The van der Waals surface area contributed by atoms with Crippen LogP contribution in [-0.2, 0) is 24.5 Å². The molecule has 0 spiro atoms. The summed E-state index contributed by atoms with van der Waals surface area (Å²) in [6.07, 6.45) is 0.610. The maximum atomic E-state index is 13.3. The summed E-state index contributed by atoms with van der Waals surface area (Å²) in [7, 11) is -2.74. The van der Waals surface area contributed by atoms with Crippen molar-refractivity contribution in [3.05, 3.63) is 47.1 Å². The van der Waals surface area contributed by atoms with Crippen LogP contribution in [0.25, 0.3) is 0 Å². The van der Waals surface area contributed by atoms with Crippen LogP contribution in [0.4, 0.5) is 0 Å². The molecule has 0 amide bonds. The summed E-state index contributed by atoms with van der Waals surface area (Å²) in [5.41, 5.74) is 2.34. The third kappa shape index (κ3) is 6.30. The van der Waals surface area contributed by atoms with Gasteiger partial charge in [0.2, 0.25) is 13.8 Å². The predicted octanol–water partition coefficient (Wildman–Crippen LogP) is 5.08. The molecular formula is C18H32NO4PSi. The van der Waals surface area contributed by atoms with E-state index < -0.39 is 15.9 Å². The highest BCUT2D eigenvalue weighted by Gasteiger charge is 2.37. The fraction of sp³-hybridized carbons (Fsp3) is 0.556. The summed E-state index contributed by atoms with van der Waals surface area (Å²) in [5, 5.41) is 0. The van der Waals surface area contributed by atoms with Gasteiger partial charge in [0, 0.05) is 33.7 Å². The molecule has 0 saturated carbocycles. The Hall–Kier alpha value is -1.07. The molecule has 0 aliphatic rings. The van der Waals surface area contributed by atoms with Crippen molar-refractivity contribution in [2.24, 2.45) is 0 Å². The van der Waals surface area contributed by atoms with Gasteiger partial charge in [0.05, 0.1) is 5.70 Å². The molecule has 0 saturated heterocycles. The van der Waals surface area contributed by atoms with Gasteiger partial charge in [0.25, 0.3) is 0 Å². The van der Waals surface area contributed by atoms with Gasteiger partial charge in [-0.2, -0.15) is 0 Å². The molecule has 0 bridgehead atoms. The maximum Gasteiger partial charge on any atom is 0.395 e. The molecule has 5 nitrogen and oxygen atoms in total. The zero-order valence-electron chi connectivity index (χ0n) is 16.5. The van der Waals surface area contributed by atoms with Crippen molar-refractivity contribution >= 4 is 15.9 Å². The lowest BCUT2D eigenvalue weighted by atomic mass is 10.1. The first-order chi connectivity index (χ1) is 11.7. The van der Waals surface area contributed by atoms with Crippen molar-refractivity contribution in [2.75, 3.05) is 27.3 Å². The highest BCUT2D eigenvalue weighted by molar-refractivity contribution is 7.58. The molecule has 0 radical (unpaired) electrons. The standard InChI is InChI=1S/C18H32NO4PSi/c1-8-19(9-2)17(15-16-13-11-10-12-14-16)18(23-25(5,6)7)24(20,21-3)22-4/h10-14H,8-9,15H2,1-7H3. The topological polar surface area (TPSA) is 48.0 Å². The monoisotopic (exact) mass is 385 g/mol. The lowest BCUT2D eigenvalue weighted by Gasteiger charge is -2.32. The van der Waals surface area contributed by atoms with Gasteiger partial charge in [-0.1, -0.05) is 30.3 Å². The second-order valence-corrected chi connectivity index (χ2v) is 13.2. The van der Waals surface area contributed by atoms with E-state index in [4.69, 9.17) is 13.5 Å². The molecule has 0 fully saturated rings. The van der Waals surface area contributed by atoms with Crippen LogP contribution in [-0.4, -0.2) is 40.5 Å². The van der Waals surface area contributed by atoms with E-state index in [1.807, 2.05) is 18.2 Å². The van der Waals surface area contributed by atoms with E-state index in [1.54, 1.807) is 0 Å². The Morgan fingerprint density at radius 1 is 1.04 bits per heavy atom. The summed E-state index contributed by atoms with van der Waals surface area (Å²) in [5.74, 6) is 0. The van der Waals surface area contributed by atoms with Crippen LogP contribution in [0.5, 0.6) is 0 Å². The number of allylic oxidation sites excluding steroid dienone is 1. The van der Waals surface area contributed by atoms with E-state index >= 15 is 0 Å². The van der Waals surface area contributed by atoms with E-state index in [-0.39, 0.29) is 0 Å². The second kappa shape index (κ2) is 9.58. The molecule has 1 aromatic rings. The minimum absolute atomic E-state index is 0.351. The molecule has 0 heterocycles. The lowest BCUT2D eigenvalue weighted by molar-refractivity contribution is 0.254. The van der Waals surface area contributed by atoms with Crippen LogP contribution in [0.1, 0.15) is 19.4 Å². The first-order valence-corrected chi connectivity index (χ1v) is 13.6. The molecule has 0 aliphatic carbocycles. The summed E-state index contributed by atoms with van der Waals surface area (Å²) in [4.78, 5) is 2.16. The van der Waals surface area contributed by atoms with Gasteiger partial charge in [-0.3, -0.25) is 4.57 Å². The summed E-state index contributed by atoms with van der Waals surface area (Å²) < 4.78 is 30.1. The van der Waals surface area contributed by atoms with Crippen LogP contribution in [0, 0.1) is 0 Å². The van der Waals surface area contributed by atoms with Gasteiger partial charge in [-0.15, -0.1) is 0 Å². The highest BCUT2D eigenvalue weighted by atomic mass is 31.2. The summed E-state index contributed by atoms with van der Waals surface area (Å²) in [6.45, 7) is 11.9. The number of benzene rings is 1. The largest absolute Gasteiger partial charge is 0.538 e. The number of rotatable bonds is 10. The molecule has 7 heteroatoms. The van der Waals surface area contributed by atoms with Crippen molar-refractivity contribution in [1.82, 2.24) is 4.90 Å². The van der Waals surface area contributed by atoms with Crippen molar-refractivity contribution in [1.29, 1.82) is 0 Å². The molecule has 1 aromatic carbocycles. The SMILES string of the molecule is CCN(CC)C(Cc1ccccc1)=C(O[Si](C)(C)C)P(=O)(OC)OC. The molecule has 0 atom stereocenters. The summed E-state index contributed by atoms with van der Waals surface area (Å²) in [6, 6.07) is 10.1. The summed E-state index contributed by atoms with van der Waals surface area (Å²) >= 11 is 0. The Labute approximate surface area is 153 Å². The maximum absolute atomic E-state index is 13.3. The first kappa shape index (κ1) is 22.0. The molecule has 0 N–H and O–H groups in total. The van der Waals surface area contributed by atoms with E-state index in [1.165, 1.54) is 14.2 Å². The molecule has 1 rings (SSSR count). The van der Waals surface area contributed by atoms with Crippen LogP contribution in [0.2, 0.25) is 19.6 Å². The predicted molar refractivity (Wildman–Crippen MR) is 106 cm³/mol. The average Bonchev–Trinajstić information content (AvgIpc) is 2.59. The molecule has 0 aliphatic heterocycles. The Kier molecular flexibility index (Phi) is 8.42. The minimum atomic E-state index is -3.51. The van der Waals surface area contributed by atoms with Gasteiger partial charge in [0.1, 0.15) is 0 Å². The fourth-order valence-corrected chi connectivity index (χ4v) is 5.50. The van der Waals surface area contributed by atoms with Gasteiger partial charge in [0.15, 0.2) is 0 Å². The van der Waals surface area contributed by atoms with E-state index in [2.05, 4.69) is 50.5 Å². The number of likely N-dealkylation sites (N-methyl/N-ethyl adjacent to an activating group) is 1. The van der Waals surface area contributed by atoms with Crippen LogP contribution < -0.4 is 0 Å². The van der Waals surface area contributed by atoms with Gasteiger partial charge in [-0.25, -0.2) is 0 Å². The fourth-order valence-electron chi connectivity index (χ4n) is 2.52. The second-order valence-electron chi connectivity index (χ2n) is 6.66. The number of hydrogen-bond acceptors (Lipinski definition) is 5. The van der Waals surface area contributed by atoms with Gasteiger partial charge >= 0.3 is 7.60 Å². The van der Waals surface area contributed by atoms with Crippen molar-refractivity contribution in [2.45, 2.75) is 39.9 Å². The zero-order valence-corrected chi connectivity index (χ0v) is 18.4. The Balaban J connectivity index is 3.57. The van der Waals surface area contributed by atoms with E-state index in [9.17, 15) is 4.57 Å². The van der Waals surface area contributed by atoms with E-state index in [0.29, 0.717) is 11.9 Å².